The van der Waals surface area contributed by atoms with Crippen LogP contribution in [0.1, 0.15) is 6.42 Å². The van der Waals surface area contributed by atoms with Gasteiger partial charge >= 0.3 is 0 Å². The zero-order valence-electron chi connectivity index (χ0n) is 10.7. The van der Waals surface area contributed by atoms with Crippen molar-refractivity contribution in [1.82, 2.24) is 14.8 Å². The predicted octanol–water partition coefficient (Wildman–Crippen LogP) is 1.76. The highest BCUT2D eigenvalue weighted by Gasteiger charge is 2.16. The van der Waals surface area contributed by atoms with Crippen LogP contribution in [0.4, 0.5) is 5.69 Å². The van der Waals surface area contributed by atoms with Crippen LogP contribution < -0.4 is 11.1 Å². The van der Waals surface area contributed by atoms with Crippen LogP contribution in [0.25, 0.3) is 5.69 Å². The van der Waals surface area contributed by atoms with Gasteiger partial charge in [0, 0.05) is 0 Å². The molecule has 1 amide bonds. The molecule has 0 aliphatic heterocycles. The summed E-state index contributed by atoms with van der Waals surface area (Å²) in [5, 5.41) is 7.21. The Kier molecular flexibility index (Phi) is 4.49. The van der Waals surface area contributed by atoms with Gasteiger partial charge in [-0.15, -0.1) is 6.58 Å². The van der Waals surface area contributed by atoms with E-state index in [4.69, 9.17) is 17.3 Å². The van der Waals surface area contributed by atoms with E-state index in [-0.39, 0.29) is 5.91 Å². The molecule has 20 heavy (non-hydrogen) atoms. The van der Waals surface area contributed by atoms with E-state index in [0.29, 0.717) is 22.8 Å². The molecule has 0 saturated carbocycles. The number of halogens is 1. The number of carbonyl (C=O) groups is 1. The monoisotopic (exact) mass is 291 g/mol. The molecule has 0 saturated heterocycles. The van der Waals surface area contributed by atoms with E-state index < -0.39 is 6.04 Å². The number of benzene rings is 1. The van der Waals surface area contributed by atoms with Gasteiger partial charge in [-0.1, -0.05) is 23.7 Å². The van der Waals surface area contributed by atoms with Crippen LogP contribution >= 0.6 is 11.6 Å². The maximum atomic E-state index is 12.0. The zero-order chi connectivity index (χ0) is 14.5. The van der Waals surface area contributed by atoms with Gasteiger partial charge in [0.05, 0.1) is 16.8 Å². The summed E-state index contributed by atoms with van der Waals surface area (Å²) in [4.78, 5) is 15.8. The number of para-hydroxylation sites is 1. The second-order valence-electron chi connectivity index (χ2n) is 4.10. The molecule has 1 aromatic heterocycles. The average Bonchev–Trinajstić information content (AvgIpc) is 2.92. The summed E-state index contributed by atoms with van der Waals surface area (Å²) in [6.45, 7) is 3.56. The summed E-state index contributed by atoms with van der Waals surface area (Å²) >= 11 is 6.16. The molecule has 0 radical (unpaired) electrons. The van der Waals surface area contributed by atoms with Gasteiger partial charge in [-0.05, 0) is 18.6 Å². The average molecular weight is 292 g/mol. The third kappa shape index (κ3) is 3.04. The maximum Gasteiger partial charge on any atom is 0.241 e. The quantitative estimate of drug-likeness (QED) is 0.822. The molecule has 1 aromatic carbocycles. The molecule has 104 valence electrons. The molecule has 2 aromatic rings. The van der Waals surface area contributed by atoms with Crippen molar-refractivity contribution >= 4 is 23.2 Å². The van der Waals surface area contributed by atoms with Crippen LogP contribution in [0.15, 0.2) is 43.5 Å². The first-order chi connectivity index (χ1) is 9.63. The van der Waals surface area contributed by atoms with Crippen molar-refractivity contribution in [2.45, 2.75) is 12.5 Å². The lowest BCUT2D eigenvalue weighted by atomic mass is 10.2. The third-order valence-corrected chi connectivity index (χ3v) is 2.95. The molecule has 0 spiro atoms. The largest absolute Gasteiger partial charge is 0.323 e. The van der Waals surface area contributed by atoms with Crippen molar-refractivity contribution in [1.29, 1.82) is 0 Å². The topological polar surface area (TPSA) is 85.8 Å². The minimum Gasteiger partial charge on any atom is -0.323 e. The van der Waals surface area contributed by atoms with Crippen LogP contribution in [0.5, 0.6) is 0 Å². The van der Waals surface area contributed by atoms with Gasteiger partial charge in [-0.25, -0.2) is 9.67 Å². The molecule has 6 nitrogen and oxygen atoms in total. The Labute approximate surface area is 121 Å². The molecule has 3 N–H and O–H groups in total. The van der Waals surface area contributed by atoms with Crippen molar-refractivity contribution in [3.8, 4) is 5.69 Å². The van der Waals surface area contributed by atoms with E-state index in [9.17, 15) is 4.79 Å². The molecule has 7 heteroatoms. The Hall–Kier alpha value is -2.18. The van der Waals surface area contributed by atoms with Crippen LogP contribution in [0.2, 0.25) is 5.02 Å². The molecular formula is C13H14ClN5O. The van der Waals surface area contributed by atoms with Crippen LogP contribution in [-0.2, 0) is 4.79 Å². The minimum absolute atomic E-state index is 0.312. The SMILES string of the molecule is C=CCC(N)C(=O)Nc1cccc(Cl)c1-n1cncn1. The third-order valence-electron chi connectivity index (χ3n) is 2.65. The lowest BCUT2D eigenvalue weighted by Gasteiger charge is -2.14. The van der Waals surface area contributed by atoms with Gasteiger partial charge in [0.15, 0.2) is 0 Å². The second-order valence-corrected chi connectivity index (χ2v) is 4.50. The first-order valence-electron chi connectivity index (χ1n) is 5.94. The van der Waals surface area contributed by atoms with E-state index in [0.717, 1.165) is 0 Å². The number of rotatable bonds is 5. The Morgan fingerprint density at radius 3 is 3.05 bits per heavy atom. The molecule has 2 rings (SSSR count). The minimum atomic E-state index is -0.657. The fraction of sp³-hybridized carbons (Fsp3) is 0.154. The Bertz CT molecular complexity index is 611. The molecule has 1 atom stereocenters. The summed E-state index contributed by atoms with van der Waals surface area (Å²) in [5.41, 5.74) is 6.80. The normalized spacial score (nSPS) is 11.9. The smallest absolute Gasteiger partial charge is 0.241 e. The number of hydrogen-bond donors (Lipinski definition) is 2. The highest BCUT2D eigenvalue weighted by Crippen LogP contribution is 2.27. The van der Waals surface area contributed by atoms with Gasteiger partial charge in [-0.2, -0.15) is 5.10 Å². The molecule has 0 bridgehead atoms. The van der Waals surface area contributed by atoms with Crippen molar-refractivity contribution in [2.24, 2.45) is 5.73 Å². The van der Waals surface area contributed by atoms with Gasteiger partial charge in [0.1, 0.15) is 18.3 Å². The second kappa shape index (κ2) is 6.31. The number of amides is 1. The highest BCUT2D eigenvalue weighted by atomic mass is 35.5. The lowest BCUT2D eigenvalue weighted by Crippen LogP contribution is -2.35. The van der Waals surface area contributed by atoms with E-state index in [2.05, 4.69) is 22.0 Å². The van der Waals surface area contributed by atoms with Gasteiger partial charge in [-0.3, -0.25) is 4.79 Å². The van der Waals surface area contributed by atoms with Gasteiger partial charge in [0.25, 0.3) is 0 Å². The van der Waals surface area contributed by atoms with Crippen molar-refractivity contribution in [2.75, 3.05) is 5.32 Å². The first-order valence-corrected chi connectivity index (χ1v) is 6.32. The number of nitrogens with one attached hydrogen (secondary N) is 1. The van der Waals surface area contributed by atoms with E-state index >= 15 is 0 Å². The number of nitrogens with zero attached hydrogens (tertiary/aromatic N) is 3. The van der Waals surface area contributed by atoms with Crippen molar-refractivity contribution in [3.05, 3.63) is 48.5 Å². The number of anilines is 1. The molecular weight excluding hydrogens is 278 g/mol. The summed E-state index contributed by atoms with van der Waals surface area (Å²) in [5.74, 6) is -0.312. The summed E-state index contributed by atoms with van der Waals surface area (Å²) in [7, 11) is 0. The van der Waals surface area contributed by atoms with Crippen molar-refractivity contribution in [3.63, 3.8) is 0 Å². The molecule has 1 heterocycles. The van der Waals surface area contributed by atoms with Crippen LogP contribution in [-0.4, -0.2) is 26.7 Å². The standard InChI is InChI=1S/C13H14ClN5O/c1-2-4-10(15)13(20)18-11-6-3-5-9(14)12(11)19-8-16-7-17-19/h2-3,5-8,10H,1,4,15H2,(H,18,20). The Morgan fingerprint density at radius 1 is 1.60 bits per heavy atom. The fourth-order valence-electron chi connectivity index (χ4n) is 1.68. The fourth-order valence-corrected chi connectivity index (χ4v) is 1.95. The maximum absolute atomic E-state index is 12.0. The molecule has 0 aliphatic carbocycles. The van der Waals surface area contributed by atoms with Crippen LogP contribution in [0, 0.1) is 0 Å². The summed E-state index contributed by atoms with van der Waals surface area (Å²) in [6, 6.07) is 4.51. The van der Waals surface area contributed by atoms with E-state index in [1.54, 1.807) is 24.3 Å². The molecule has 0 fully saturated rings. The Balaban J connectivity index is 2.31. The van der Waals surface area contributed by atoms with E-state index in [1.807, 2.05) is 0 Å². The predicted molar refractivity (Wildman–Crippen MR) is 77.8 cm³/mol. The lowest BCUT2D eigenvalue weighted by molar-refractivity contribution is -0.117. The van der Waals surface area contributed by atoms with Crippen molar-refractivity contribution < 1.29 is 4.79 Å². The highest BCUT2D eigenvalue weighted by molar-refractivity contribution is 6.33. The number of aromatic nitrogens is 3. The zero-order valence-corrected chi connectivity index (χ0v) is 11.4. The van der Waals surface area contributed by atoms with Gasteiger partial charge < -0.3 is 11.1 Å². The summed E-state index contributed by atoms with van der Waals surface area (Å²) < 4.78 is 1.48. The number of nitrogens with two attached hydrogens (primary N) is 1. The molecule has 1 unspecified atom stereocenters. The van der Waals surface area contributed by atoms with E-state index in [1.165, 1.54) is 17.3 Å². The molecule has 0 aliphatic rings. The first kappa shape index (κ1) is 14.2. The number of carbonyl (C=O) groups excluding carboxylic acids is 1. The Morgan fingerprint density at radius 2 is 2.40 bits per heavy atom. The van der Waals surface area contributed by atoms with Crippen LogP contribution in [0.3, 0.4) is 0 Å². The number of hydrogen-bond acceptors (Lipinski definition) is 4. The van der Waals surface area contributed by atoms with Gasteiger partial charge in [0.2, 0.25) is 5.91 Å². The summed E-state index contributed by atoms with van der Waals surface area (Å²) in [6.07, 6.45) is 4.88.